The fraction of sp³-hybridized carbons (Fsp3) is 0. The smallest absolute Gasteiger partial charge is 0.146 e. The van der Waals surface area contributed by atoms with Crippen LogP contribution >= 0.6 is 0 Å². The van der Waals surface area contributed by atoms with Crippen molar-refractivity contribution in [2.24, 2.45) is 0 Å². The summed E-state index contributed by atoms with van der Waals surface area (Å²) >= 11 is 0. The Hall–Kier alpha value is -2.85. The van der Waals surface area contributed by atoms with Crippen LogP contribution in [-0.4, -0.2) is 0 Å². The second kappa shape index (κ2) is 4.99. The molecule has 0 radical (unpaired) electrons. The van der Waals surface area contributed by atoms with Crippen LogP contribution < -0.4 is 4.74 Å². The van der Waals surface area contributed by atoms with Crippen LogP contribution in [0.15, 0.2) is 42.5 Å². The topological polar surface area (TPSA) is 56.8 Å². The van der Waals surface area contributed by atoms with Crippen molar-refractivity contribution in [3.63, 3.8) is 0 Å². The maximum atomic E-state index is 13.0. The molecule has 0 fully saturated rings. The molecule has 0 aliphatic heterocycles. The molecule has 0 aliphatic carbocycles. The maximum absolute atomic E-state index is 13.0. The first kappa shape index (κ1) is 11.6. The van der Waals surface area contributed by atoms with Gasteiger partial charge in [0, 0.05) is 6.07 Å². The van der Waals surface area contributed by atoms with Crippen molar-refractivity contribution in [2.75, 3.05) is 0 Å². The molecule has 18 heavy (non-hydrogen) atoms. The molecule has 0 bridgehead atoms. The summed E-state index contributed by atoms with van der Waals surface area (Å²) in [6.45, 7) is 0. The highest BCUT2D eigenvalue weighted by molar-refractivity contribution is 5.54. The van der Waals surface area contributed by atoms with Gasteiger partial charge in [0.15, 0.2) is 0 Å². The normalized spacial score (nSPS) is 9.28. The number of nitriles is 2. The van der Waals surface area contributed by atoms with Crippen molar-refractivity contribution >= 4 is 0 Å². The number of halogens is 1. The van der Waals surface area contributed by atoms with E-state index >= 15 is 0 Å². The number of benzene rings is 2. The first-order valence-corrected chi connectivity index (χ1v) is 5.11. The molecule has 3 nitrogen and oxygen atoms in total. The van der Waals surface area contributed by atoms with Crippen molar-refractivity contribution in [3.8, 4) is 23.6 Å². The fourth-order valence-electron chi connectivity index (χ4n) is 1.48. The lowest BCUT2D eigenvalue weighted by molar-refractivity contribution is 0.475. The minimum Gasteiger partial charge on any atom is -0.456 e. The zero-order chi connectivity index (χ0) is 13.0. The second-order valence-electron chi connectivity index (χ2n) is 3.46. The summed E-state index contributed by atoms with van der Waals surface area (Å²) in [6, 6.07) is 14.1. The van der Waals surface area contributed by atoms with Crippen molar-refractivity contribution in [3.05, 3.63) is 59.4 Å². The van der Waals surface area contributed by atoms with Crippen molar-refractivity contribution < 1.29 is 9.13 Å². The van der Waals surface area contributed by atoms with Gasteiger partial charge in [0.25, 0.3) is 0 Å². The number of hydrogen-bond donors (Lipinski definition) is 0. The predicted molar refractivity (Wildman–Crippen MR) is 62.3 cm³/mol. The lowest BCUT2D eigenvalue weighted by Gasteiger charge is -2.07. The molecule has 2 aromatic carbocycles. The highest BCUT2D eigenvalue weighted by Crippen LogP contribution is 2.27. The lowest BCUT2D eigenvalue weighted by atomic mass is 10.1. The van der Waals surface area contributed by atoms with Crippen LogP contribution in [-0.2, 0) is 0 Å². The molecule has 2 aromatic rings. The van der Waals surface area contributed by atoms with Gasteiger partial charge in [-0.05, 0) is 24.3 Å². The molecule has 0 N–H and O–H groups in total. The lowest BCUT2D eigenvalue weighted by Crippen LogP contribution is -1.91. The van der Waals surface area contributed by atoms with Crippen LogP contribution in [0, 0.1) is 28.5 Å². The minimum absolute atomic E-state index is 0.143. The second-order valence-corrected chi connectivity index (χ2v) is 3.46. The molecule has 4 heteroatoms. The Morgan fingerprint density at radius 1 is 1.00 bits per heavy atom. The van der Waals surface area contributed by atoms with Crippen LogP contribution in [0.5, 0.6) is 11.5 Å². The van der Waals surface area contributed by atoms with Gasteiger partial charge in [-0.1, -0.05) is 12.1 Å². The minimum atomic E-state index is -0.428. The molecule has 0 spiro atoms. The van der Waals surface area contributed by atoms with E-state index in [9.17, 15) is 4.39 Å². The summed E-state index contributed by atoms with van der Waals surface area (Å²) in [5, 5.41) is 17.9. The summed E-state index contributed by atoms with van der Waals surface area (Å²) in [6.07, 6.45) is 0. The van der Waals surface area contributed by atoms with E-state index < -0.39 is 5.82 Å². The number of rotatable bonds is 2. The fourth-order valence-corrected chi connectivity index (χ4v) is 1.48. The van der Waals surface area contributed by atoms with Crippen LogP contribution in [0.1, 0.15) is 11.1 Å². The van der Waals surface area contributed by atoms with E-state index in [0.29, 0.717) is 0 Å². The van der Waals surface area contributed by atoms with Gasteiger partial charge in [-0.3, -0.25) is 0 Å². The Kier molecular flexibility index (Phi) is 3.22. The van der Waals surface area contributed by atoms with Crippen LogP contribution in [0.4, 0.5) is 4.39 Å². The standard InChI is InChI=1S/C14H7FN2O/c15-11-4-2-5-12(7-11)18-14-6-1-3-10(8-16)13(14)9-17/h1-7H. The summed E-state index contributed by atoms with van der Waals surface area (Å²) in [5.74, 6) is 0.0891. The van der Waals surface area contributed by atoms with Gasteiger partial charge in [0.1, 0.15) is 35.0 Å². The van der Waals surface area contributed by atoms with E-state index in [0.717, 1.165) is 0 Å². The highest BCUT2D eigenvalue weighted by Gasteiger charge is 2.09. The highest BCUT2D eigenvalue weighted by atomic mass is 19.1. The van der Waals surface area contributed by atoms with E-state index in [1.165, 1.54) is 24.3 Å². The molecule has 0 saturated carbocycles. The van der Waals surface area contributed by atoms with Gasteiger partial charge in [0.2, 0.25) is 0 Å². The molecule has 0 unspecified atom stereocenters. The molecule has 2 rings (SSSR count). The number of nitrogens with zero attached hydrogens (tertiary/aromatic N) is 2. The third-order valence-electron chi connectivity index (χ3n) is 2.28. The monoisotopic (exact) mass is 238 g/mol. The van der Waals surface area contributed by atoms with Gasteiger partial charge < -0.3 is 4.74 Å². The Labute approximate surface area is 103 Å². The van der Waals surface area contributed by atoms with Gasteiger partial charge >= 0.3 is 0 Å². The van der Waals surface area contributed by atoms with Gasteiger partial charge in [-0.15, -0.1) is 0 Å². The third-order valence-corrected chi connectivity index (χ3v) is 2.28. The largest absolute Gasteiger partial charge is 0.456 e. The molecular weight excluding hydrogens is 231 g/mol. The van der Waals surface area contributed by atoms with Gasteiger partial charge in [0.05, 0.1) is 5.56 Å². The number of hydrogen-bond acceptors (Lipinski definition) is 3. The third kappa shape index (κ3) is 2.28. The first-order chi connectivity index (χ1) is 8.74. The Bertz CT molecular complexity index is 668. The van der Waals surface area contributed by atoms with Gasteiger partial charge in [-0.25, -0.2) is 4.39 Å². The maximum Gasteiger partial charge on any atom is 0.146 e. The van der Waals surface area contributed by atoms with Crippen molar-refractivity contribution in [2.45, 2.75) is 0 Å². The summed E-state index contributed by atoms with van der Waals surface area (Å²) in [5.41, 5.74) is 0.371. The molecule has 0 amide bonds. The summed E-state index contributed by atoms with van der Waals surface area (Å²) < 4.78 is 18.4. The molecular formula is C14H7FN2O. The van der Waals surface area contributed by atoms with Crippen LogP contribution in [0.25, 0.3) is 0 Å². The van der Waals surface area contributed by atoms with E-state index in [1.807, 2.05) is 12.1 Å². The zero-order valence-electron chi connectivity index (χ0n) is 9.22. The zero-order valence-corrected chi connectivity index (χ0v) is 9.22. The SMILES string of the molecule is N#Cc1cccc(Oc2cccc(F)c2)c1C#N. The Balaban J connectivity index is 2.42. The van der Waals surface area contributed by atoms with E-state index in [4.69, 9.17) is 15.3 Å². The summed E-state index contributed by atoms with van der Waals surface area (Å²) in [4.78, 5) is 0. The van der Waals surface area contributed by atoms with Gasteiger partial charge in [-0.2, -0.15) is 10.5 Å². The molecule has 0 aliphatic rings. The molecule has 0 atom stereocenters. The first-order valence-electron chi connectivity index (χ1n) is 5.11. The predicted octanol–water partition coefficient (Wildman–Crippen LogP) is 3.36. The summed E-state index contributed by atoms with van der Waals surface area (Å²) in [7, 11) is 0. The molecule has 0 aromatic heterocycles. The average Bonchev–Trinajstić information content (AvgIpc) is 2.38. The molecule has 86 valence electrons. The Morgan fingerprint density at radius 3 is 2.44 bits per heavy atom. The van der Waals surface area contributed by atoms with E-state index in [2.05, 4.69) is 0 Å². The average molecular weight is 238 g/mol. The van der Waals surface area contributed by atoms with Crippen LogP contribution in [0.3, 0.4) is 0 Å². The molecule has 0 saturated heterocycles. The van der Waals surface area contributed by atoms with Crippen molar-refractivity contribution in [1.82, 2.24) is 0 Å². The van der Waals surface area contributed by atoms with Crippen molar-refractivity contribution in [1.29, 1.82) is 10.5 Å². The Morgan fingerprint density at radius 2 is 1.78 bits per heavy atom. The van der Waals surface area contributed by atoms with Crippen LogP contribution in [0.2, 0.25) is 0 Å². The quantitative estimate of drug-likeness (QED) is 0.805. The van der Waals surface area contributed by atoms with E-state index in [-0.39, 0.29) is 22.6 Å². The molecule has 0 heterocycles. The number of ether oxygens (including phenoxy) is 1. The van der Waals surface area contributed by atoms with E-state index in [1.54, 1.807) is 18.2 Å².